The summed E-state index contributed by atoms with van der Waals surface area (Å²) in [5.41, 5.74) is 6.90. The van der Waals surface area contributed by atoms with Crippen LogP contribution in [0.2, 0.25) is 0 Å². The van der Waals surface area contributed by atoms with Crippen molar-refractivity contribution in [2.24, 2.45) is 5.41 Å². The molecule has 0 aliphatic heterocycles. The maximum Gasteiger partial charge on any atom is 0.122 e. The van der Waals surface area contributed by atoms with Gasteiger partial charge in [-0.25, -0.2) is 0 Å². The zero-order chi connectivity index (χ0) is 27.5. The smallest absolute Gasteiger partial charge is 0.122 e. The maximum atomic E-state index is 8.68. The lowest BCUT2D eigenvalue weighted by atomic mass is 9.69. The van der Waals surface area contributed by atoms with E-state index in [1.165, 1.54) is 27.8 Å². The summed E-state index contributed by atoms with van der Waals surface area (Å²) >= 11 is 0. The lowest BCUT2D eigenvalue weighted by molar-refractivity contribution is -0.0161. The molecule has 0 saturated heterocycles. The highest BCUT2D eigenvalue weighted by atomic mass is 16.5. The number of nitriles is 1. The van der Waals surface area contributed by atoms with E-state index in [9.17, 15) is 0 Å². The Morgan fingerprint density at radius 2 is 1.51 bits per heavy atom. The molecule has 0 bridgehead atoms. The Hall–Kier alpha value is -2.31. The van der Waals surface area contributed by atoms with Crippen molar-refractivity contribution >= 4 is 0 Å². The van der Waals surface area contributed by atoms with Gasteiger partial charge < -0.3 is 9.47 Å². The highest BCUT2D eigenvalue weighted by Gasteiger charge is 2.32. The molecule has 0 radical (unpaired) electrons. The van der Waals surface area contributed by atoms with Crippen molar-refractivity contribution in [2.75, 3.05) is 13.2 Å². The van der Waals surface area contributed by atoms with E-state index in [-0.39, 0.29) is 16.9 Å². The molecule has 0 N–H and O–H groups in total. The Kier molecular flexibility index (Phi) is 12.2. The van der Waals surface area contributed by atoms with Gasteiger partial charge in [0.15, 0.2) is 0 Å². The molecule has 3 nitrogen and oxygen atoms in total. The molecule has 0 aliphatic carbocycles. The van der Waals surface area contributed by atoms with Crippen LogP contribution in [0.5, 0.6) is 5.75 Å². The molecule has 1 atom stereocenters. The van der Waals surface area contributed by atoms with Crippen LogP contribution in [0.15, 0.2) is 36.4 Å². The van der Waals surface area contributed by atoms with Crippen LogP contribution in [0.25, 0.3) is 0 Å². The topological polar surface area (TPSA) is 42.2 Å². The number of unbranched alkanes of at least 4 members (excludes halogenated alkanes) is 3. The van der Waals surface area contributed by atoms with Gasteiger partial charge in [0.25, 0.3) is 0 Å². The molecule has 0 saturated carbocycles. The van der Waals surface area contributed by atoms with Crippen LogP contribution in [0.4, 0.5) is 0 Å². The summed E-state index contributed by atoms with van der Waals surface area (Å²) in [5.74, 6) is 0.972. The highest BCUT2D eigenvalue weighted by molar-refractivity contribution is 5.47. The molecular weight excluding hydrogens is 454 g/mol. The minimum Gasteiger partial charge on any atom is -0.493 e. The summed E-state index contributed by atoms with van der Waals surface area (Å²) in [7, 11) is 0. The lowest BCUT2D eigenvalue weighted by Crippen LogP contribution is -2.30. The van der Waals surface area contributed by atoms with E-state index < -0.39 is 0 Å². The summed E-state index contributed by atoms with van der Waals surface area (Å²) in [4.78, 5) is 0. The lowest BCUT2D eigenvalue weighted by Gasteiger charge is -2.34. The molecule has 0 fully saturated rings. The van der Waals surface area contributed by atoms with E-state index in [0.29, 0.717) is 13.0 Å². The number of ether oxygens (including phenoxy) is 2. The number of aryl methyl sites for hydroxylation is 3. The van der Waals surface area contributed by atoms with Gasteiger partial charge in [-0.05, 0) is 105 Å². The minimum absolute atomic E-state index is 0.0108. The SMILES string of the molecule is CCOC(CCc1ccc(C(CC)(CC)c2ccc(OCCCCCC#N)c(C)c2)cc1C)C(C)(C)C. The molecule has 37 heavy (non-hydrogen) atoms. The summed E-state index contributed by atoms with van der Waals surface area (Å²) in [6.45, 7) is 19.4. The highest BCUT2D eigenvalue weighted by Crippen LogP contribution is 2.41. The quantitative estimate of drug-likeness (QED) is 0.226. The van der Waals surface area contributed by atoms with Gasteiger partial charge >= 0.3 is 0 Å². The van der Waals surface area contributed by atoms with E-state index in [2.05, 4.69) is 97.9 Å². The number of benzene rings is 2. The van der Waals surface area contributed by atoms with Gasteiger partial charge in [-0.15, -0.1) is 0 Å². The molecule has 2 aromatic carbocycles. The van der Waals surface area contributed by atoms with Crippen molar-refractivity contribution in [1.29, 1.82) is 5.26 Å². The third-order valence-corrected chi connectivity index (χ3v) is 8.03. The van der Waals surface area contributed by atoms with Crippen LogP contribution in [0.1, 0.15) is 114 Å². The van der Waals surface area contributed by atoms with Gasteiger partial charge in [-0.2, -0.15) is 5.26 Å². The minimum atomic E-state index is -0.0108. The maximum absolute atomic E-state index is 8.68. The van der Waals surface area contributed by atoms with Crippen molar-refractivity contribution in [3.05, 3.63) is 64.2 Å². The van der Waals surface area contributed by atoms with Crippen molar-refractivity contribution in [2.45, 2.75) is 118 Å². The predicted molar refractivity (Wildman–Crippen MR) is 156 cm³/mol. The van der Waals surface area contributed by atoms with Crippen LogP contribution >= 0.6 is 0 Å². The second kappa shape index (κ2) is 14.6. The predicted octanol–water partition coefficient (Wildman–Crippen LogP) is 9.26. The molecule has 1 unspecified atom stereocenters. The molecule has 0 amide bonds. The van der Waals surface area contributed by atoms with Gasteiger partial charge in [-0.1, -0.05) is 65.0 Å². The van der Waals surface area contributed by atoms with Gasteiger partial charge in [-0.3, -0.25) is 0 Å². The summed E-state index contributed by atoms with van der Waals surface area (Å²) < 4.78 is 12.2. The first-order valence-electron chi connectivity index (χ1n) is 14.4. The van der Waals surface area contributed by atoms with Crippen molar-refractivity contribution in [3.8, 4) is 11.8 Å². The fourth-order valence-electron chi connectivity index (χ4n) is 5.54. The molecule has 2 aromatic rings. The van der Waals surface area contributed by atoms with Crippen LogP contribution in [0, 0.1) is 30.6 Å². The normalized spacial score (nSPS) is 12.8. The Morgan fingerprint density at radius 3 is 2.05 bits per heavy atom. The zero-order valence-electron chi connectivity index (χ0n) is 24.9. The van der Waals surface area contributed by atoms with E-state index >= 15 is 0 Å². The fraction of sp³-hybridized carbons (Fsp3) is 0.618. The summed E-state index contributed by atoms with van der Waals surface area (Å²) in [5, 5.41) is 8.68. The first kappa shape index (κ1) is 30.9. The number of rotatable bonds is 15. The standard InChI is InChI=1S/C34H51NO2/c1-9-34(10-2,30-19-20-31(27(5)25-30)37-23-15-13-12-14-22-35)29-18-16-28(26(4)24-29)17-21-32(36-11-3)33(6,7)8/h16,18-20,24-25,32H,9-15,17,21,23H2,1-8H3. The van der Waals surface area contributed by atoms with Gasteiger partial charge in [0.1, 0.15) is 5.75 Å². The Morgan fingerprint density at radius 1 is 0.865 bits per heavy atom. The number of hydrogen-bond donors (Lipinski definition) is 0. The second-order valence-corrected chi connectivity index (χ2v) is 11.6. The third kappa shape index (κ3) is 8.34. The molecule has 3 heteroatoms. The van der Waals surface area contributed by atoms with Gasteiger partial charge in [0, 0.05) is 18.4 Å². The third-order valence-electron chi connectivity index (χ3n) is 8.03. The monoisotopic (exact) mass is 505 g/mol. The van der Waals surface area contributed by atoms with Crippen molar-refractivity contribution in [1.82, 2.24) is 0 Å². The molecule has 0 aromatic heterocycles. The number of hydrogen-bond acceptors (Lipinski definition) is 3. The fourth-order valence-corrected chi connectivity index (χ4v) is 5.54. The second-order valence-electron chi connectivity index (χ2n) is 11.6. The van der Waals surface area contributed by atoms with Crippen molar-refractivity contribution in [3.63, 3.8) is 0 Å². The van der Waals surface area contributed by atoms with E-state index in [1.807, 2.05) is 0 Å². The molecule has 0 aliphatic rings. The average molecular weight is 506 g/mol. The van der Waals surface area contributed by atoms with Crippen LogP contribution in [0.3, 0.4) is 0 Å². The van der Waals surface area contributed by atoms with Crippen molar-refractivity contribution < 1.29 is 9.47 Å². The van der Waals surface area contributed by atoms with Gasteiger partial charge in [0.2, 0.25) is 0 Å². The number of nitrogens with zero attached hydrogens (tertiary/aromatic N) is 1. The Bertz CT molecular complexity index is 1010. The Balaban J connectivity index is 2.21. The molecule has 2 rings (SSSR count). The van der Waals surface area contributed by atoms with Crippen LogP contribution in [-0.2, 0) is 16.6 Å². The Labute approximate surface area is 227 Å². The molecular formula is C34H51NO2. The first-order chi connectivity index (χ1) is 17.6. The molecule has 204 valence electrons. The van der Waals surface area contributed by atoms with E-state index in [0.717, 1.165) is 57.3 Å². The van der Waals surface area contributed by atoms with E-state index in [1.54, 1.807) is 0 Å². The molecule has 0 spiro atoms. The van der Waals surface area contributed by atoms with Crippen LogP contribution < -0.4 is 4.74 Å². The summed E-state index contributed by atoms with van der Waals surface area (Å²) in [6.07, 6.45) is 8.08. The van der Waals surface area contributed by atoms with Crippen LogP contribution in [-0.4, -0.2) is 19.3 Å². The van der Waals surface area contributed by atoms with E-state index in [4.69, 9.17) is 14.7 Å². The molecule has 0 heterocycles. The van der Waals surface area contributed by atoms with Gasteiger partial charge in [0.05, 0.1) is 18.8 Å². The average Bonchev–Trinajstić information content (AvgIpc) is 2.86. The first-order valence-corrected chi connectivity index (χ1v) is 14.4. The summed E-state index contributed by atoms with van der Waals surface area (Å²) in [6, 6.07) is 16.1. The largest absolute Gasteiger partial charge is 0.493 e. The zero-order valence-corrected chi connectivity index (χ0v) is 24.9.